The van der Waals surface area contributed by atoms with Gasteiger partial charge in [-0.05, 0) is 24.5 Å². The molecule has 0 aliphatic rings. The standard InChI is InChI=1S/C10H15N3O3S/c1-17(15,16)13-9-5-8(6-12-7-9)3-2-4-10(11)14/h5-7,13H,2-4H2,1H3,(H2,11,14). The highest BCUT2D eigenvalue weighted by Gasteiger charge is 2.03. The van der Waals surface area contributed by atoms with Crippen molar-refractivity contribution in [1.29, 1.82) is 0 Å². The summed E-state index contributed by atoms with van der Waals surface area (Å²) < 4.78 is 24.4. The number of nitrogens with two attached hydrogens (primary N) is 1. The SMILES string of the molecule is CS(=O)(=O)Nc1cncc(CCCC(N)=O)c1. The number of nitrogens with one attached hydrogen (secondary N) is 1. The first-order chi connectivity index (χ1) is 7.87. The third kappa shape index (κ3) is 5.86. The minimum absolute atomic E-state index is 0.309. The van der Waals surface area contributed by atoms with Crippen LogP contribution < -0.4 is 10.5 Å². The number of carbonyl (C=O) groups is 1. The molecule has 0 saturated carbocycles. The number of hydrogen-bond acceptors (Lipinski definition) is 4. The molecule has 6 nitrogen and oxygen atoms in total. The van der Waals surface area contributed by atoms with E-state index >= 15 is 0 Å². The highest BCUT2D eigenvalue weighted by atomic mass is 32.2. The molecular weight excluding hydrogens is 242 g/mol. The van der Waals surface area contributed by atoms with Crippen LogP contribution >= 0.6 is 0 Å². The first-order valence-electron chi connectivity index (χ1n) is 5.07. The van der Waals surface area contributed by atoms with Crippen molar-refractivity contribution in [2.75, 3.05) is 11.0 Å². The smallest absolute Gasteiger partial charge is 0.229 e. The molecule has 17 heavy (non-hydrogen) atoms. The number of rotatable bonds is 6. The summed E-state index contributed by atoms with van der Waals surface area (Å²) in [6, 6.07) is 1.69. The van der Waals surface area contributed by atoms with Crippen LogP contribution in [0.4, 0.5) is 5.69 Å². The normalized spacial score (nSPS) is 11.1. The van der Waals surface area contributed by atoms with Crippen LogP contribution in [-0.2, 0) is 21.2 Å². The lowest BCUT2D eigenvalue weighted by Gasteiger charge is -2.05. The van der Waals surface area contributed by atoms with Crippen LogP contribution in [0, 0.1) is 0 Å². The summed E-state index contributed by atoms with van der Waals surface area (Å²) in [6.45, 7) is 0. The molecule has 0 unspecified atom stereocenters. The molecule has 0 saturated heterocycles. The summed E-state index contributed by atoms with van der Waals surface area (Å²) >= 11 is 0. The fourth-order valence-electron chi connectivity index (χ4n) is 1.36. The number of hydrogen-bond donors (Lipinski definition) is 2. The van der Waals surface area contributed by atoms with Gasteiger partial charge in [0.2, 0.25) is 15.9 Å². The highest BCUT2D eigenvalue weighted by molar-refractivity contribution is 7.92. The van der Waals surface area contributed by atoms with Gasteiger partial charge in [0.1, 0.15) is 0 Å². The van der Waals surface area contributed by atoms with E-state index in [0.29, 0.717) is 24.9 Å². The van der Waals surface area contributed by atoms with Crippen LogP contribution in [-0.4, -0.2) is 25.6 Å². The maximum atomic E-state index is 11.0. The number of sulfonamides is 1. The number of aromatic nitrogens is 1. The number of amides is 1. The van der Waals surface area contributed by atoms with E-state index in [4.69, 9.17) is 5.73 Å². The molecule has 0 aliphatic heterocycles. The van der Waals surface area contributed by atoms with E-state index in [0.717, 1.165) is 11.8 Å². The van der Waals surface area contributed by atoms with Crippen molar-refractivity contribution in [3.05, 3.63) is 24.0 Å². The zero-order valence-electron chi connectivity index (χ0n) is 9.51. The fraction of sp³-hybridized carbons (Fsp3) is 0.400. The largest absolute Gasteiger partial charge is 0.370 e. The molecule has 94 valence electrons. The van der Waals surface area contributed by atoms with Gasteiger partial charge in [0.05, 0.1) is 18.1 Å². The Hall–Kier alpha value is -1.63. The van der Waals surface area contributed by atoms with E-state index in [1.165, 1.54) is 6.20 Å². The Morgan fingerprint density at radius 1 is 1.47 bits per heavy atom. The lowest BCUT2D eigenvalue weighted by atomic mass is 10.1. The Balaban J connectivity index is 2.63. The number of pyridine rings is 1. The first-order valence-corrected chi connectivity index (χ1v) is 6.96. The summed E-state index contributed by atoms with van der Waals surface area (Å²) in [5.74, 6) is -0.344. The van der Waals surface area contributed by atoms with Gasteiger partial charge in [0.15, 0.2) is 0 Å². The minimum Gasteiger partial charge on any atom is -0.370 e. The number of nitrogens with zero attached hydrogens (tertiary/aromatic N) is 1. The van der Waals surface area contributed by atoms with E-state index in [1.807, 2.05) is 0 Å². The average Bonchev–Trinajstić information content (AvgIpc) is 2.14. The topological polar surface area (TPSA) is 102 Å². The lowest BCUT2D eigenvalue weighted by molar-refractivity contribution is -0.118. The van der Waals surface area contributed by atoms with Crippen molar-refractivity contribution < 1.29 is 13.2 Å². The van der Waals surface area contributed by atoms with Crippen molar-refractivity contribution in [1.82, 2.24) is 4.98 Å². The van der Waals surface area contributed by atoms with Gasteiger partial charge in [-0.15, -0.1) is 0 Å². The molecule has 3 N–H and O–H groups in total. The number of aryl methyl sites for hydroxylation is 1. The van der Waals surface area contributed by atoms with Crippen LogP contribution in [0.5, 0.6) is 0 Å². The van der Waals surface area contributed by atoms with Gasteiger partial charge in [0.25, 0.3) is 0 Å². The Morgan fingerprint density at radius 2 is 2.18 bits per heavy atom. The van der Waals surface area contributed by atoms with Crippen LogP contribution in [0.25, 0.3) is 0 Å². The van der Waals surface area contributed by atoms with E-state index in [9.17, 15) is 13.2 Å². The predicted octanol–water partition coefficient (Wildman–Crippen LogP) is 0.261. The van der Waals surface area contributed by atoms with Gasteiger partial charge in [-0.1, -0.05) is 0 Å². The molecular formula is C10H15N3O3S. The minimum atomic E-state index is -3.29. The molecule has 7 heteroatoms. The Morgan fingerprint density at radius 3 is 2.76 bits per heavy atom. The molecule has 0 radical (unpaired) electrons. The maximum absolute atomic E-state index is 11.0. The van der Waals surface area contributed by atoms with Crippen molar-refractivity contribution in [2.45, 2.75) is 19.3 Å². The summed E-state index contributed by atoms with van der Waals surface area (Å²) in [4.78, 5) is 14.5. The van der Waals surface area contributed by atoms with Gasteiger partial charge in [-0.3, -0.25) is 14.5 Å². The summed E-state index contributed by atoms with van der Waals surface area (Å²) in [5, 5.41) is 0. The number of anilines is 1. The summed E-state index contributed by atoms with van der Waals surface area (Å²) in [5.41, 5.74) is 6.31. The Kier molecular flexibility index (Phi) is 4.45. The quantitative estimate of drug-likeness (QED) is 0.763. The van der Waals surface area contributed by atoms with Gasteiger partial charge in [0, 0.05) is 12.6 Å². The third-order valence-electron chi connectivity index (χ3n) is 1.99. The van der Waals surface area contributed by atoms with Gasteiger partial charge < -0.3 is 5.73 Å². The molecule has 0 aromatic carbocycles. The second-order valence-corrected chi connectivity index (χ2v) is 5.52. The van der Waals surface area contributed by atoms with Crippen molar-refractivity contribution in [3.8, 4) is 0 Å². The molecule has 0 atom stereocenters. The molecule has 1 heterocycles. The van der Waals surface area contributed by atoms with Crippen molar-refractivity contribution in [2.24, 2.45) is 5.73 Å². The molecule has 1 aromatic heterocycles. The number of carbonyl (C=O) groups excluding carboxylic acids is 1. The Bertz CT molecular complexity index is 499. The highest BCUT2D eigenvalue weighted by Crippen LogP contribution is 2.11. The fourth-order valence-corrected chi connectivity index (χ4v) is 1.90. The van der Waals surface area contributed by atoms with E-state index in [1.54, 1.807) is 12.3 Å². The number of primary amides is 1. The van der Waals surface area contributed by atoms with Gasteiger partial charge in [-0.25, -0.2) is 8.42 Å². The lowest BCUT2D eigenvalue weighted by Crippen LogP contribution is -2.11. The molecule has 1 rings (SSSR count). The molecule has 0 bridgehead atoms. The van der Waals surface area contributed by atoms with E-state index in [2.05, 4.69) is 9.71 Å². The molecule has 0 fully saturated rings. The zero-order valence-corrected chi connectivity index (χ0v) is 10.3. The van der Waals surface area contributed by atoms with Crippen LogP contribution in [0.3, 0.4) is 0 Å². The molecule has 1 aromatic rings. The third-order valence-corrected chi connectivity index (χ3v) is 2.59. The molecule has 0 aliphatic carbocycles. The summed E-state index contributed by atoms with van der Waals surface area (Å²) in [6.07, 6.45) is 5.71. The monoisotopic (exact) mass is 257 g/mol. The van der Waals surface area contributed by atoms with E-state index < -0.39 is 10.0 Å². The zero-order chi connectivity index (χ0) is 12.9. The van der Waals surface area contributed by atoms with E-state index in [-0.39, 0.29) is 5.91 Å². The average molecular weight is 257 g/mol. The van der Waals surface area contributed by atoms with Crippen molar-refractivity contribution in [3.63, 3.8) is 0 Å². The van der Waals surface area contributed by atoms with Crippen LogP contribution in [0.15, 0.2) is 18.5 Å². The van der Waals surface area contributed by atoms with Crippen LogP contribution in [0.1, 0.15) is 18.4 Å². The second kappa shape index (κ2) is 5.62. The second-order valence-electron chi connectivity index (χ2n) is 3.78. The summed E-state index contributed by atoms with van der Waals surface area (Å²) in [7, 11) is -3.29. The first kappa shape index (κ1) is 13.4. The van der Waals surface area contributed by atoms with Gasteiger partial charge >= 0.3 is 0 Å². The van der Waals surface area contributed by atoms with Gasteiger partial charge in [-0.2, -0.15) is 0 Å². The molecule has 0 spiro atoms. The van der Waals surface area contributed by atoms with Crippen LogP contribution in [0.2, 0.25) is 0 Å². The molecule has 1 amide bonds. The Labute approximate surface area is 100 Å². The van der Waals surface area contributed by atoms with Crippen molar-refractivity contribution >= 4 is 21.6 Å². The predicted molar refractivity (Wildman–Crippen MR) is 64.8 cm³/mol. The maximum Gasteiger partial charge on any atom is 0.229 e.